The van der Waals surface area contributed by atoms with Gasteiger partial charge in [0.25, 0.3) is 0 Å². The average molecular weight is 318 g/mol. The van der Waals surface area contributed by atoms with Gasteiger partial charge in [-0.3, -0.25) is 4.90 Å². The molecule has 3 nitrogen and oxygen atoms in total. The summed E-state index contributed by atoms with van der Waals surface area (Å²) in [6.45, 7) is 16.0. The molecule has 2 heterocycles. The van der Waals surface area contributed by atoms with Crippen LogP contribution in [0, 0.1) is 5.92 Å². The van der Waals surface area contributed by atoms with Crippen LogP contribution in [0.5, 0.6) is 0 Å². The van der Waals surface area contributed by atoms with E-state index in [4.69, 9.17) is 4.98 Å². The second-order valence-electron chi connectivity index (χ2n) is 7.94. The summed E-state index contributed by atoms with van der Waals surface area (Å²) >= 11 is 0. The molecular formula is C20H35N3. The SMILES string of the molecule is CC(C)CN1CCCC[C@H]1c1ccc(N(C(C)C)C(C)C)nc1. The lowest BCUT2D eigenvalue weighted by Crippen LogP contribution is -2.38. The maximum Gasteiger partial charge on any atom is 0.128 e. The first-order chi connectivity index (χ1) is 10.9. The normalized spacial score (nSPS) is 19.8. The summed E-state index contributed by atoms with van der Waals surface area (Å²) in [5.74, 6) is 1.82. The van der Waals surface area contributed by atoms with Gasteiger partial charge in [0, 0.05) is 30.9 Å². The monoisotopic (exact) mass is 317 g/mol. The van der Waals surface area contributed by atoms with Crippen molar-refractivity contribution < 1.29 is 0 Å². The molecule has 0 unspecified atom stereocenters. The molecule has 0 N–H and O–H groups in total. The number of aromatic nitrogens is 1. The first-order valence-electron chi connectivity index (χ1n) is 9.38. The summed E-state index contributed by atoms with van der Waals surface area (Å²) in [7, 11) is 0. The Bertz CT molecular complexity index is 456. The Balaban J connectivity index is 2.17. The highest BCUT2D eigenvalue weighted by molar-refractivity contribution is 5.41. The van der Waals surface area contributed by atoms with E-state index in [9.17, 15) is 0 Å². The van der Waals surface area contributed by atoms with Crippen molar-refractivity contribution in [3.05, 3.63) is 23.9 Å². The zero-order valence-electron chi connectivity index (χ0n) is 15.9. The number of hydrogen-bond donors (Lipinski definition) is 0. The van der Waals surface area contributed by atoms with Gasteiger partial charge in [-0.25, -0.2) is 4.98 Å². The van der Waals surface area contributed by atoms with Gasteiger partial charge in [0.15, 0.2) is 0 Å². The Morgan fingerprint density at radius 2 is 1.78 bits per heavy atom. The lowest BCUT2D eigenvalue weighted by atomic mass is 9.95. The molecule has 0 amide bonds. The molecule has 0 aliphatic carbocycles. The van der Waals surface area contributed by atoms with Crippen LogP contribution in [-0.4, -0.2) is 35.1 Å². The fourth-order valence-electron chi connectivity index (χ4n) is 3.93. The second kappa shape index (κ2) is 8.14. The van der Waals surface area contributed by atoms with E-state index in [0.29, 0.717) is 18.1 Å². The predicted molar refractivity (Wildman–Crippen MR) is 100.0 cm³/mol. The topological polar surface area (TPSA) is 19.4 Å². The highest BCUT2D eigenvalue weighted by Gasteiger charge is 2.25. The third-order valence-corrected chi connectivity index (χ3v) is 4.75. The first kappa shape index (κ1) is 18.3. The van der Waals surface area contributed by atoms with Crippen molar-refractivity contribution in [2.24, 2.45) is 5.92 Å². The minimum Gasteiger partial charge on any atom is -0.352 e. The minimum atomic E-state index is 0.473. The van der Waals surface area contributed by atoms with Crippen molar-refractivity contribution in [3.63, 3.8) is 0 Å². The maximum atomic E-state index is 4.81. The van der Waals surface area contributed by atoms with Crippen LogP contribution in [0.25, 0.3) is 0 Å². The molecule has 130 valence electrons. The molecule has 0 saturated carbocycles. The molecule has 1 atom stereocenters. The first-order valence-corrected chi connectivity index (χ1v) is 9.38. The molecule has 1 aromatic heterocycles. The molecule has 0 aromatic carbocycles. The Hall–Kier alpha value is -1.09. The number of pyridine rings is 1. The summed E-state index contributed by atoms with van der Waals surface area (Å²) in [6.07, 6.45) is 6.07. The standard InChI is InChI=1S/C20H35N3/c1-15(2)14-22-12-8-7-9-19(22)18-10-11-20(21-13-18)23(16(3)4)17(5)6/h10-11,13,15-17,19H,7-9,12,14H2,1-6H3/t19-/m0/s1. The molecule has 0 radical (unpaired) electrons. The van der Waals surface area contributed by atoms with Gasteiger partial charge in [-0.15, -0.1) is 0 Å². The van der Waals surface area contributed by atoms with Crippen LogP contribution in [0.3, 0.4) is 0 Å². The fraction of sp³-hybridized carbons (Fsp3) is 0.750. The zero-order valence-corrected chi connectivity index (χ0v) is 15.9. The molecule has 1 aliphatic heterocycles. The van der Waals surface area contributed by atoms with Gasteiger partial charge in [-0.2, -0.15) is 0 Å². The number of rotatable bonds is 6. The quantitative estimate of drug-likeness (QED) is 0.745. The van der Waals surface area contributed by atoms with Gasteiger partial charge < -0.3 is 4.90 Å². The van der Waals surface area contributed by atoms with Gasteiger partial charge >= 0.3 is 0 Å². The van der Waals surface area contributed by atoms with Crippen molar-refractivity contribution >= 4 is 5.82 Å². The van der Waals surface area contributed by atoms with E-state index in [1.807, 2.05) is 0 Å². The van der Waals surface area contributed by atoms with Gasteiger partial charge in [0.05, 0.1) is 0 Å². The van der Waals surface area contributed by atoms with Crippen molar-refractivity contribution in [3.8, 4) is 0 Å². The summed E-state index contributed by atoms with van der Waals surface area (Å²) < 4.78 is 0. The molecule has 1 aliphatic rings. The zero-order chi connectivity index (χ0) is 17.0. The summed E-state index contributed by atoms with van der Waals surface area (Å²) in [5, 5.41) is 0. The van der Waals surface area contributed by atoms with E-state index in [1.54, 1.807) is 0 Å². The van der Waals surface area contributed by atoms with Crippen LogP contribution in [0.15, 0.2) is 18.3 Å². The Morgan fingerprint density at radius 1 is 1.09 bits per heavy atom. The Kier molecular flexibility index (Phi) is 6.46. The van der Waals surface area contributed by atoms with E-state index in [0.717, 1.165) is 11.7 Å². The third kappa shape index (κ3) is 4.69. The second-order valence-corrected chi connectivity index (χ2v) is 7.94. The molecule has 1 fully saturated rings. The fourth-order valence-corrected chi connectivity index (χ4v) is 3.93. The smallest absolute Gasteiger partial charge is 0.128 e. The van der Waals surface area contributed by atoms with Crippen LogP contribution in [-0.2, 0) is 0 Å². The number of piperidine rings is 1. The van der Waals surface area contributed by atoms with Gasteiger partial charge in [0.1, 0.15) is 5.82 Å². The number of hydrogen-bond acceptors (Lipinski definition) is 3. The highest BCUT2D eigenvalue weighted by atomic mass is 15.2. The van der Waals surface area contributed by atoms with Crippen LogP contribution < -0.4 is 4.90 Å². The van der Waals surface area contributed by atoms with Gasteiger partial charge in [-0.05, 0) is 64.6 Å². The van der Waals surface area contributed by atoms with E-state index < -0.39 is 0 Å². The lowest BCUT2D eigenvalue weighted by Gasteiger charge is -2.37. The predicted octanol–water partition coefficient (Wildman–Crippen LogP) is 4.89. The third-order valence-electron chi connectivity index (χ3n) is 4.75. The van der Waals surface area contributed by atoms with E-state index in [1.165, 1.54) is 37.9 Å². The molecule has 3 heteroatoms. The van der Waals surface area contributed by atoms with Crippen molar-refractivity contribution in [2.45, 2.75) is 78.9 Å². The Labute approximate surface area is 143 Å². The van der Waals surface area contributed by atoms with Crippen molar-refractivity contribution in [1.29, 1.82) is 0 Å². The Morgan fingerprint density at radius 3 is 2.30 bits per heavy atom. The molecule has 2 rings (SSSR count). The molecule has 0 bridgehead atoms. The molecule has 1 aromatic rings. The van der Waals surface area contributed by atoms with Crippen LogP contribution in [0.2, 0.25) is 0 Å². The van der Waals surface area contributed by atoms with Crippen molar-refractivity contribution in [2.75, 3.05) is 18.0 Å². The summed E-state index contributed by atoms with van der Waals surface area (Å²) in [6, 6.07) is 6.03. The minimum absolute atomic E-state index is 0.473. The van der Waals surface area contributed by atoms with E-state index in [2.05, 4.69) is 69.7 Å². The largest absolute Gasteiger partial charge is 0.352 e. The molecular weight excluding hydrogens is 282 g/mol. The molecule has 1 saturated heterocycles. The molecule has 0 spiro atoms. The highest BCUT2D eigenvalue weighted by Crippen LogP contribution is 2.32. The van der Waals surface area contributed by atoms with E-state index >= 15 is 0 Å². The number of anilines is 1. The average Bonchev–Trinajstić information content (AvgIpc) is 2.47. The maximum absolute atomic E-state index is 4.81. The molecule has 23 heavy (non-hydrogen) atoms. The van der Waals surface area contributed by atoms with E-state index in [-0.39, 0.29) is 0 Å². The van der Waals surface area contributed by atoms with Crippen molar-refractivity contribution in [1.82, 2.24) is 9.88 Å². The van der Waals surface area contributed by atoms with Crippen LogP contribution >= 0.6 is 0 Å². The number of nitrogens with zero attached hydrogens (tertiary/aromatic N) is 3. The number of likely N-dealkylation sites (tertiary alicyclic amines) is 1. The summed E-state index contributed by atoms with van der Waals surface area (Å²) in [4.78, 5) is 9.86. The lowest BCUT2D eigenvalue weighted by molar-refractivity contribution is 0.132. The van der Waals surface area contributed by atoms with Gasteiger partial charge in [0.2, 0.25) is 0 Å². The van der Waals surface area contributed by atoms with Crippen LogP contribution in [0.1, 0.15) is 72.4 Å². The van der Waals surface area contributed by atoms with Gasteiger partial charge in [-0.1, -0.05) is 26.3 Å². The summed E-state index contributed by atoms with van der Waals surface area (Å²) in [5.41, 5.74) is 1.39. The van der Waals surface area contributed by atoms with Crippen LogP contribution in [0.4, 0.5) is 5.82 Å².